The molecule has 98 valence electrons. The van der Waals surface area contributed by atoms with Crippen molar-refractivity contribution in [2.24, 2.45) is 5.92 Å². The van der Waals surface area contributed by atoms with E-state index in [-0.39, 0.29) is 0 Å². The topological polar surface area (TPSA) is 52.6 Å². The molecule has 0 saturated heterocycles. The van der Waals surface area contributed by atoms with Gasteiger partial charge in [-0.25, -0.2) is 0 Å². The number of aldehydes is 1. The fourth-order valence-electron chi connectivity index (χ4n) is 1.30. The van der Waals surface area contributed by atoms with E-state index in [4.69, 9.17) is 9.47 Å². The lowest BCUT2D eigenvalue weighted by Crippen LogP contribution is -2.31. The summed E-state index contributed by atoms with van der Waals surface area (Å²) in [5, 5.41) is 0. The Bertz CT molecular complexity index is 238. The van der Waals surface area contributed by atoms with Gasteiger partial charge in [-0.2, -0.15) is 0 Å². The minimum atomic E-state index is -0.850. The zero-order chi connectivity index (χ0) is 13.1. The molecule has 0 aliphatic carbocycles. The zero-order valence-electron chi connectivity index (χ0n) is 10.7. The zero-order valence-corrected chi connectivity index (χ0v) is 10.7. The average molecular weight is 242 g/mol. The third-order valence-corrected chi connectivity index (χ3v) is 2.39. The number of carbonyl (C=O) groups excluding carboxylic acids is 2. The minimum absolute atomic E-state index is 0.314. The van der Waals surface area contributed by atoms with Gasteiger partial charge in [-0.3, -0.25) is 4.79 Å². The monoisotopic (exact) mass is 242 g/mol. The van der Waals surface area contributed by atoms with E-state index >= 15 is 0 Å². The van der Waals surface area contributed by atoms with Crippen LogP contribution in [0, 0.1) is 5.92 Å². The molecule has 17 heavy (non-hydrogen) atoms. The molecule has 0 aromatic heterocycles. The van der Waals surface area contributed by atoms with Crippen molar-refractivity contribution in [3.8, 4) is 0 Å². The van der Waals surface area contributed by atoms with E-state index in [0.717, 1.165) is 19.3 Å². The van der Waals surface area contributed by atoms with E-state index in [1.54, 1.807) is 13.0 Å². The lowest BCUT2D eigenvalue weighted by molar-refractivity contribution is -0.154. The van der Waals surface area contributed by atoms with E-state index in [2.05, 4.69) is 13.5 Å². The highest BCUT2D eigenvalue weighted by Gasteiger charge is 2.26. The SMILES string of the molecule is C=CCOC(C)C(C=O)C(=O)OCCCCC. The second-order valence-corrected chi connectivity index (χ2v) is 3.86. The maximum Gasteiger partial charge on any atom is 0.318 e. The van der Waals surface area contributed by atoms with Crippen molar-refractivity contribution < 1.29 is 19.1 Å². The van der Waals surface area contributed by atoms with Gasteiger partial charge < -0.3 is 14.3 Å². The van der Waals surface area contributed by atoms with Gasteiger partial charge in [-0.15, -0.1) is 6.58 Å². The van der Waals surface area contributed by atoms with Gasteiger partial charge >= 0.3 is 5.97 Å². The van der Waals surface area contributed by atoms with Gasteiger partial charge in [0.15, 0.2) is 0 Å². The number of carbonyl (C=O) groups is 2. The van der Waals surface area contributed by atoms with Crippen LogP contribution in [0.1, 0.15) is 33.1 Å². The van der Waals surface area contributed by atoms with Gasteiger partial charge in [0.05, 0.1) is 19.3 Å². The standard InChI is InChI=1S/C13H22O4/c1-4-6-7-9-17-13(15)12(10-14)11(3)16-8-5-2/h5,10-12H,2,4,6-9H2,1,3H3. The Balaban J connectivity index is 4.01. The fourth-order valence-corrected chi connectivity index (χ4v) is 1.30. The van der Waals surface area contributed by atoms with Gasteiger partial charge in [-0.1, -0.05) is 25.8 Å². The van der Waals surface area contributed by atoms with Crippen molar-refractivity contribution in [1.82, 2.24) is 0 Å². The lowest BCUT2D eigenvalue weighted by atomic mass is 10.1. The van der Waals surface area contributed by atoms with Crippen LogP contribution in [-0.2, 0) is 19.1 Å². The highest BCUT2D eigenvalue weighted by Crippen LogP contribution is 2.08. The number of unbranched alkanes of at least 4 members (excludes halogenated alkanes) is 2. The summed E-state index contributed by atoms with van der Waals surface area (Å²) >= 11 is 0. The van der Waals surface area contributed by atoms with Crippen LogP contribution in [0.15, 0.2) is 12.7 Å². The highest BCUT2D eigenvalue weighted by molar-refractivity contribution is 5.88. The second kappa shape index (κ2) is 10.0. The largest absolute Gasteiger partial charge is 0.465 e. The number of esters is 1. The first kappa shape index (κ1) is 15.8. The Labute approximate surface area is 103 Å². The first-order valence-corrected chi connectivity index (χ1v) is 6.01. The van der Waals surface area contributed by atoms with Crippen LogP contribution in [0.3, 0.4) is 0 Å². The van der Waals surface area contributed by atoms with Crippen molar-refractivity contribution in [1.29, 1.82) is 0 Å². The Morgan fingerprint density at radius 2 is 2.12 bits per heavy atom. The minimum Gasteiger partial charge on any atom is -0.465 e. The molecule has 4 heteroatoms. The molecule has 0 N–H and O–H groups in total. The summed E-state index contributed by atoms with van der Waals surface area (Å²) in [6, 6.07) is 0. The highest BCUT2D eigenvalue weighted by atomic mass is 16.5. The molecule has 0 aromatic rings. The molecule has 2 unspecified atom stereocenters. The van der Waals surface area contributed by atoms with Crippen LogP contribution in [0.25, 0.3) is 0 Å². The predicted octanol–water partition coefficient (Wildman–Crippen LogP) is 2.13. The van der Waals surface area contributed by atoms with Crippen molar-refractivity contribution in [3.63, 3.8) is 0 Å². The summed E-state index contributed by atoms with van der Waals surface area (Å²) < 4.78 is 10.3. The maximum absolute atomic E-state index is 11.6. The number of hydrogen-bond donors (Lipinski definition) is 0. The van der Waals surface area contributed by atoms with Gasteiger partial charge in [0.1, 0.15) is 12.2 Å². The number of rotatable bonds is 10. The van der Waals surface area contributed by atoms with Crippen molar-refractivity contribution in [2.45, 2.75) is 39.2 Å². The Morgan fingerprint density at radius 1 is 1.41 bits per heavy atom. The van der Waals surface area contributed by atoms with Gasteiger partial charge in [-0.05, 0) is 13.3 Å². The van der Waals surface area contributed by atoms with E-state index < -0.39 is 18.0 Å². The Kier molecular flexibility index (Phi) is 9.34. The molecule has 0 fully saturated rings. The van der Waals surface area contributed by atoms with Gasteiger partial charge in [0.25, 0.3) is 0 Å². The van der Waals surface area contributed by atoms with Crippen LogP contribution in [0.4, 0.5) is 0 Å². The molecule has 2 atom stereocenters. The van der Waals surface area contributed by atoms with E-state index in [1.165, 1.54) is 0 Å². The van der Waals surface area contributed by atoms with Crippen molar-refractivity contribution in [3.05, 3.63) is 12.7 Å². The maximum atomic E-state index is 11.6. The Morgan fingerprint density at radius 3 is 2.65 bits per heavy atom. The predicted molar refractivity (Wildman–Crippen MR) is 65.6 cm³/mol. The molecule has 4 nitrogen and oxygen atoms in total. The molecule has 0 rings (SSSR count). The van der Waals surface area contributed by atoms with E-state index in [1.807, 2.05) is 0 Å². The van der Waals surface area contributed by atoms with E-state index in [0.29, 0.717) is 19.5 Å². The summed E-state index contributed by atoms with van der Waals surface area (Å²) in [4.78, 5) is 22.4. The molecule has 0 aliphatic heterocycles. The molecule has 0 heterocycles. The van der Waals surface area contributed by atoms with Crippen molar-refractivity contribution in [2.75, 3.05) is 13.2 Å². The molecule has 0 aromatic carbocycles. The van der Waals surface area contributed by atoms with Crippen LogP contribution >= 0.6 is 0 Å². The molecular weight excluding hydrogens is 220 g/mol. The summed E-state index contributed by atoms with van der Waals surface area (Å²) in [5.41, 5.74) is 0. The third-order valence-electron chi connectivity index (χ3n) is 2.39. The van der Waals surface area contributed by atoms with Crippen LogP contribution < -0.4 is 0 Å². The Hall–Kier alpha value is -1.16. The molecule has 0 amide bonds. The van der Waals surface area contributed by atoms with Crippen LogP contribution in [-0.4, -0.2) is 31.6 Å². The second-order valence-electron chi connectivity index (χ2n) is 3.86. The molecule has 0 bridgehead atoms. The first-order valence-electron chi connectivity index (χ1n) is 6.01. The first-order chi connectivity index (χ1) is 8.17. The van der Waals surface area contributed by atoms with Gasteiger partial charge in [0, 0.05) is 0 Å². The normalized spacial score (nSPS) is 13.8. The summed E-state index contributed by atoms with van der Waals surface area (Å²) in [5.74, 6) is -1.36. The number of ether oxygens (including phenoxy) is 2. The molecule has 0 aliphatic rings. The number of hydrogen-bond acceptors (Lipinski definition) is 4. The van der Waals surface area contributed by atoms with Crippen molar-refractivity contribution >= 4 is 12.3 Å². The van der Waals surface area contributed by atoms with Crippen LogP contribution in [0.2, 0.25) is 0 Å². The molecule has 0 radical (unpaired) electrons. The average Bonchev–Trinajstić information content (AvgIpc) is 2.33. The van der Waals surface area contributed by atoms with Crippen LogP contribution in [0.5, 0.6) is 0 Å². The summed E-state index contributed by atoms with van der Waals surface area (Å²) in [6.45, 7) is 7.93. The van der Waals surface area contributed by atoms with E-state index in [9.17, 15) is 9.59 Å². The van der Waals surface area contributed by atoms with Gasteiger partial charge in [0.2, 0.25) is 0 Å². The third kappa shape index (κ3) is 6.89. The quantitative estimate of drug-likeness (QED) is 0.194. The molecule has 0 saturated carbocycles. The summed E-state index contributed by atoms with van der Waals surface area (Å²) in [7, 11) is 0. The molecule has 0 spiro atoms. The summed E-state index contributed by atoms with van der Waals surface area (Å²) in [6.07, 6.45) is 4.58. The smallest absolute Gasteiger partial charge is 0.318 e. The molecular formula is C13H22O4. The fraction of sp³-hybridized carbons (Fsp3) is 0.692. The lowest BCUT2D eigenvalue weighted by Gasteiger charge is -2.17.